The number of carbonyl (C=O) groups is 1. The van der Waals surface area contributed by atoms with Gasteiger partial charge >= 0.3 is 0 Å². The standard InChI is InChI=1S/C23H22N6O/c30-23(25-20-10-3-7-17-6-1-2-9-19(17)20)18-8-4-14-28(16-18)21-11-12-22(27-26-21)29-15-5-13-24-29/h1-3,5-7,9-13,15,18H,4,8,14,16H2,(H,25,30)/t18-/m1/s1. The summed E-state index contributed by atoms with van der Waals surface area (Å²) >= 11 is 0. The molecule has 4 aromatic rings. The van der Waals surface area contributed by atoms with Crippen LogP contribution in [0.3, 0.4) is 0 Å². The van der Waals surface area contributed by atoms with Crippen molar-refractivity contribution in [1.82, 2.24) is 20.0 Å². The number of fused-ring (bicyclic) bond motifs is 1. The van der Waals surface area contributed by atoms with E-state index in [2.05, 4.69) is 37.6 Å². The second kappa shape index (κ2) is 7.94. The van der Waals surface area contributed by atoms with Crippen molar-refractivity contribution in [1.29, 1.82) is 0 Å². The molecule has 0 bridgehead atoms. The molecule has 1 N–H and O–H groups in total. The van der Waals surface area contributed by atoms with Crippen LogP contribution in [0.4, 0.5) is 11.5 Å². The number of nitrogens with one attached hydrogen (secondary N) is 1. The van der Waals surface area contributed by atoms with Gasteiger partial charge in [0.2, 0.25) is 5.91 Å². The minimum absolute atomic E-state index is 0.0529. The highest BCUT2D eigenvalue weighted by molar-refractivity contribution is 6.02. The van der Waals surface area contributed by atoms with E-state index in [1.54, 1.807) is 10.9 Å². The van der Waals surface area contributed by atoms with Gasteiger partial charge in [-0.2, -0.15) is 5.10 Å². The number of amides is 1. The largest absolute Gasteiger partial charge is 0.354 e. The fourth-order valence-corrected chi connectivity index (χ4v) is 3.98. The Labute approximate surface area is 174 Å². The molecule has 1 amide bonds. The molecule has 2 aromatic carbocycles. The molecule has 0 spiro atoms. The third kappa shape index (κ3) is 3.61. The number of anilines is 2. The van der Waals surface area contributed by atoms with Gasteiger partial charge in [-0.1, -0.05) is 36.4 Å². The molecule has 0 radical (unpaired) electrons. The second-order valence-corrected chi connectivity index (χ2v) is 7.50. The van der Waals surface area contributed by atoms with E-state index in [0.717, 1.165) is 41.7 Å². The lowest BCUT2D eigenvalue weighted by atomic mass is 9.96. The number of rotatable bonds is 4. The van der Waals surface area contributed by atoms with Crippen molar-refractivity contribution in [3.05, 3.63) is 73.1 Å². The van der Waals surface area contributed by atoms with Gasteiger partial charge in [-0.15, -0.1) is 10.2 Å². The summed E-state index contributed by atoms with van der Waals surface area (Å²) in [6.07, 6.45) is 5.35. The monoisotopic (exact) mass is 398 g/mol. The Morgan fingerprint density at radius 3 is 2.63 bits per heavy atom. The van der Waals surface area contributed by atoms with E-state index >= 15 is 0 Å². The van der Waals surface area contributed by atoms with Crippen LogP contribution in [-0.2, 0) is 4.79 Å². The van der Waals surface area contributed by atoms with E-state index in [9.17, 15) is 4.79 Å². The van der Waals surface area contributed by atoms with Crippen molar-refractivity contribution >= 4 is 28.2 Å². The Morgan fingerprint density at radius 1 is 0.967 bits per heavy atom. The topological polar surface area (TPSA) is 75.9 Å². The van der Waals surface area contributed by atoms with E-state index in [0.29, 0.717) is 12.4 Å². The van der Waals surface area contributed by atoms with Crippen LogP contribution in [0.2, 0.25) is 0 Å². The molecule has 7 nitrogen and oxygen atoms in total. The van der Waals surface area contributed by atoms with Crippen molar-refractivity contribution in [3.63, 3.8) is 0 Å². The average Bonchev–Trinajstić information content (AvgIpc) is 3.35. The van der Waals surface area contributed by atoms with Gasteiger partial charge in [-0.3, -0.25) is 4.79 Å². The van der Waals surface area contributed by atoms with Gasteiger partial charge < -0.3 is 10.2 Å². The second-order valence-electron chi connectivity index (χ2n) is 7.50. The van der Waals surface area contributed by atoms with Crippen LogP contribution in [0.15, 0.2) is 73.1 Å². The SMILES string of the molecule is O=C(Nc1cccc2ccccc12)[C@@H]1CCCN(c2ccc(-n3cccn3)nn2)C1. The van der Waals surface area contributed by atoms with Crippen LogP contribution in [0.1, 0.15) is 12.8 Å². The van der Waals surface area contributed by atoms with Crippen molar-refractivity contribution in [2.45, 2.75) is 12.8 Å². The van der Waals surface area contributed by atoms with Gasteiger partial charge in [0.25, 0.3) is 0 Å². The van der Waals surface area contributed by atoms with E-state index < -0.39 is 0 Å². The summed E-state index contributed by atoms with van der Waals surface area (Å²) in [6.45, 7) is 1.50. The van der Waals surface area contributed by atoms with E-state index in [-0.39, 0.29) is 11.8 Å². The molecule has 0 aliphatic carbocycles. The molecule has 0 saturated carbocycles. The van der Waals surface area contributed by atoms with Gasteiger partial charge in [-0.25, -0.2) is 4.68 Å². The number of hydrogen-bond acceptors (Lipinski definition) is 5. The molecule has 1 atom stereocenters. The Bertz CT molecular complexity index is 1150. The molecule has 1 saturated heterocycles. The average molecular weight is 398 g/mol. The Hall–Kier alpha value is -3.74. The fraction of sp³-hybridized carbons (Fsp3) is 0.217. The molecular weight excluding hydrogens is 376 g/mol. The number of carbonyl (C=O) groups excluding carboxylic acids is 1. The number of hydrogen-bond donors (Lipinski definition) is 1. The third-order valence-electron chi connectivity index (χ3n) is 5.54. The Balaban J connectivity index is 1.29. The van der Waals surface area contributed by atoms with Crippen molar-refractivity contribution in [2.24, 2.45) is 5.92 Å². The van der Waals surface area contributed by atoms with Crippen LogP contribution in [0, 0.1) is 5.92 Å². The maximum absolute atomic E-state index is 13.0. The number of benzene rings is 2. The first-order valence-electron chi connectivity index (χ1n) is 10.2. The highest BCUT2D eigenvalue weighted by Gasteiger charge is 2.27. The quantitative estimate of drug-likeness (QED) is 0.568. The molecule has 2 aromatic heterocycles. The fourth-order valence-electron chi connectivity index (χ4n) is 3.98. The molecule has 5 rings (SSSR count). The van der Waals surface area contributed by atoms with Gasteiger partial charge in [0, 0.05) is 36.6 Å². The van der Waals surface area contributed by atoms with Crippen LogP contribution in [0.25, 0.3) is 16.6 Å². The highest BCUT2D eigenvalue weighted by Crippen LogP contribution is 2.26. The summed E-state index contributed by atoms with van der Waals surface area (Å²) in [4.78, 5) is 15.1. The maximum Gasteiger partial charge on any atom is 0.229 e. The number of nitrogens with zero attached hydrogens (tertiary/aromatic N) is 5. The van der Waals surface area contributed by atoms with Crippen LogP contribution in [-0.4, -0.2) is 39.0 Å². The number of aromatic nitrogens is 4. The molecule has 1 fully saturated rings. The van der Waals surface area contributed by atoms with E-state index in [1.165, 1.54) is 0 Å². The first kappa shape index (κ1) is 18.3. The molecule has 3 heterocycles. The smallest absolute Gasteiger partial charge is 0.229 e. The maximum atomic E-state index is 13.0. The lowest BCUT2D eigenvalue weighted by Gasteiger charge is -2.32. The van der Waals surface area contributed by atoms with Gasteiger partial charge in [0.05, 0.1) is 5.92 Å². The lowest BCUT2D eigenvalue weighted by Crippen LogP contribution is -2.41. The summed E-state index contributed by atoms with van der Waals surface area (Å²) < 4.78 is 1.67. The zero-order chi connectivity index (χ0) is 20.3. The third-order valence-corrected chi connectivity index (χ3v) is 5.54. The zero-order valence-corrected chi connectivity index (χ0v) is 16.5. The van der Waals surface area contributed by atoms with Crippen molar-refractivity contribution in [3.8, 4) is 5.82 Å². The van der Waals surface area contributed by atoms with Gasteiger partial charge in [0.1, 0.15) is 0 Å². The molecule has 1 aliphatic heterocycles. The predicted octanol–water partition coefficient (Wildman–Crippen LogP) is 3.67. The Kier molecular flexibility index (Phi) is 4.85. The minimum atomic E-state index is -0.0923. The molecular formula is C23H22N6O. The Morgan fingerprint density at radius 2 is 1.80 bits per heavy atom. The van der Waals surface area contributed by atoms with Crippen molar-refractivity contribution < 1.29 is 4.79 Å². The van der Waals surface area contributed by atoms with Crippen LogP contribution < -0.4 is 10.2 Å². The van der Waals surface area contributed by atoms with Gasteiger partial charge in [0.15, 0.2) is 11.6 Å². The highest BCUT2D eigenvalue weighted by atomic mass is 16.1. The summed E-state index contributed by atoms with van der Waals surface area (Å²) in [5.41, 5.74) is 0.860. The summed E-state index contributed by atoms with van der Waals surface area (Å²) in [6, 6.07) is 19.8. The predicted molar refractivity (Wildman–Crippen MR) is 117 cm³/mol. The molecule has 0 unspecified atom stereocenters. The zero-order valence-electron chi connectivity index (χ0n) is 16.5. The first-order chi connectivity index (χ1) is 14.8. The van der Waals surface area contributed by atoms with E-state index in [1.807, 2.05) is 54.7 Å². The summed E-state index contributed by atoms with van der Waals surface area (Å²) in [5.74, 6) is 1.42. The molecule has 150 valence electrons. The van der Waals surface area contributed by atoms with Crippen LogP contribution in [0.5, 0.6) is 0 Å². The number of piperidine rings is 1. The summed E-state index contributed by atoms with van der Waals surface area (Å²) in [7, 11) is 0. The normalized spacial score (nSPS) is 16.5. The first-order valence-corrected chi connectivity index (χ1v) is 10.2. The summed E-state index contributed by atoms with van der Waals surface area (Å²) in [5, 5.41) is 18.1. The van der Waals surface area contributed by atoms with E-state index in [4.69, 9.17) is 0 Å². The molecule has 7 heteroatoms. The van der Waals surface area contributed by atoms with Gasteiger partial charge in [-0.05, 0) is 42.5 Å². The van der Waals surface area contributed by atoms with Crippen molar-refractivity contribution in [2.75, 3.05) is 23.3 Å². The molecule has 30 heavy (non-hydrogen) atoms. The van der Waals surface area contributed by atoms with Crippen LogP contribution >= 0.6 is 0 Å². The minimum Gasteiger partial charge on any atom is -0.354 e. The molecule has 1 aliphatic rings. The lowest BCUT2D eigenvalue weighted by molar-refractivity contribution is -0.120.